The van der Waals surface area contributed by atoms with E-state index in [2.05, 4.69) is 29.2 Å². The summed E-state index contributed by atoms with van der Waals surface area (Å²) < 4.78 is 1.73. The van der Waals surface area contributed by atoms with Gasteiger partial charge in [-0.1, -0.05) is 84.6 Å². The summed E-state index contributed by atoms with van der Waals surface area (Å²) in [4.78, 5) is 35.7. The first-order valence-electron chi connectivity index (χ1n) is 12.3. The van der Waals surface area contributed by atoms with Crippen molar-refractivity contribution in [1.29, 1.82) is 0 Å². The molecule has 1 saturated heterocycles. The van der Waals surface area contributed by atoms with Gasteiger partial charge < -0.3 is 4.90 Å². The van der Waals surface area contributed by atoms with E-state index in [1.165, 1.54) is 17.3 Å². The Labute approximate surface area is 215 Å². The minimum atomic E-state index is -0.199. The van der Waals surface area contributed by atoms with Gasteiger partial charge in [-0.15, -0.1) is 0 Å². The summed E-state index contributed by atoms with van der Waals surface area (Å²) in [5.41, 5.74) is 2.89. The second kappa shape index (κ2) is 11.1. The third kappa shape index (κ3) is 5.37. The van der Waals surface area contributed by atoms with Crippen LogP contribution >= 0.6 is 11.8 Å². The highest BCUT2D eigenvalue weighted by atomic mass is 32.2. The van der Waals surface area contributed by atoms with E-state index >= 15 is 0 Å². The van der Waals surface area contributed by atoms with Gasteiger partial charge in [0.2, 0.25) is 5.91 Å². The molecule has 6 nitrogen and oxygen atoms in total. The highest BCUT2D eigenvalue weighted by molar-refractivity contribution is 7.99. The molecule has 1 aliphatic rings. The smallest absolute Gasteiger partial charge is 0.262 e. The van der Waals surface area contributed by atoms with E-state index in [0.717, 1.165) is 25.2 Å². The van der Waals surface area contributed by atoms with E-state index in [4.69, 9.17) is 4.98 Å². The number of aromatic nitrogens is 2. The molecule has 1 amide bonds. The number of carbonyl (C=O) groups is 1. The van der Waals surface area contributed by atoms with Crippen LogP contribution in [0.1, 0.15) is 24.1 Å². The van der Waals surface area contributed by atoms with Crippen molar-refractivity contribution in [2.45, 2.75) is 24.7 Å². The lowest BCUT2D eigenvalue weighted by molar-refractivity contribution is -0.130. The van der Waals surface area contributed by atoms with Crippen LogP contribution < -0.4 is 5.56 Å². The van der Waals surface area contributed by atoms with Crippen LogP contribution in [-0.2, 0) is 11.3 Å². The van der Waals surface area contributed by atoms with Gasteiger partial charge in [-0.25, -0.2) is 4.98 Å². The number of thioether (sulfide) groups is 1. The molecule has 2 heterocycles. The fourth-order valence-corrected chi connectivity index (χ4v) is 5.64. The van der Waals surface area contributed by atoms with Crippen molar-refractivity contribution in [2.24, 2.45) is 0 Å². The Bertz CT molecular complexity index is 1380. The summed E-state index contributed by atoms with van der Waals surface area (Å²) >= 11 is 1.35. The number of hydrogen-bond acceptors (Lipinski definition) is 5. The fourth-order valence-electron chi connectivity index (χ4n) is 4.66. The summed E-state index contributed by atoms with van der Waals surface area (Å²) in [6.07, 6.45) is 0. The summed E-state index contributed by atoms with van der Waals surface area (Å²) in [5.74, 6) is 0.339. The lowest BCUT2D eigenvalue weighted by Gasteiger charge is -2.34. The second-order valence-corrected chi connectivity index (χ2v) is 10.0. The molecule has 1 fully saturated rings. The molecule has 0 radical (unpaired) electrons. The largest absolute Gasteiger partial charge is 0.339 e. The second-order valence-electron chi connectivity index (χ2n) is 9.10. The van der Waals surface area contributed by atoms with Crippen molar-refractivity contribution < 1.29 is 4.79 Å². The third-order valence-electron chi connectivity index (χ3n) is 6.74. The zero-order valence-electron chi connectivity index (χ0n) is 20.4. The normalized spacial score (nSPS) is 15.2. The number of amides is 1. The zero-order valence-corrected chi connectivity index (χ0v) is 21.2. The molecule has 5 rings (SSSR count). The average molecular weight is 499 g/mol. The van der Waals surface area contributed by atoms with E-state index in [9.17, 15) is 9.59 Å². The van der Waals surface area contributed by atoms with Crippen molar-refractivity contribution in [2.75, 3.05) is 31.9 Å². The molecule has 1 unspecified atom stereocenters. The number of fused-ring (bicyclic) bond motifs is 1. The maximum Gasteiger partial charge on any atom is 0.262 e. The van der Waals surface area contributed by atoms with Gasteiger partial charge in [0.25, 0.3) is 5.56 Å². The molecule has 3 aromatic carbocycles. The number of piperazine rings is 1. The SMILES string of the molecule is CC(c1ccccc1)n1c(SCC(=O)N2CCN(Cc3ccccc3)CC2)nc2ccccc2c1=O. The molecule has 36 heavy (non-hydrogen) atoms. The maximum atomic E-state index is 13.5. The van der Waals surface area contributed by atoms with Crippen molar-refractivity contribution in [3.63, 3.8) is 0 Å². The van der Waals surface area contributed by atoms with Gasteiger partial charge in [0, 0.05) is 32.7 Å². The summed E-state index contributed by atoms with van der Waals surface area (Å²) in [6.45, 7) is 6.05. The molecule has 0 spiro atoms. The van der Waals surface area contributed by atoms with Crippen LogP contribution in [0.2, 0.25) is 0 Å². The molecule has 0 saturated carbocycles. The van der Waals surface area contributed by atoms with Gasteiger partial charge in [-0.2, -0.15) is 0 Å². The van der Waals surface area contributed by atoms with Gasteiger partial charge in [0.05, 0.1) is 22.7 Å². The number of hydrogen-bond donors (Lipinski definition) is 0. The van der Waals surface area contributed by atoms with Crippen molar-refractivity contribution in [3.8, 4) is 0 Å². The van der Waals surface area contributed by atoms with Crippen LogP contribution in [0.5, 0.6) is 0 Å². The van der Waals surface area contributed by atoms with Gasteiger partial charge >= 0.3 is 0 Å². The van der Waals surface area contributed by atoms with Crippen LogP contribution in [0.3, 0.4) is 0 Å². The molecule has 184 valence electrons. The predicted molar refractivity (Wildman–Crippen MR) is 145 cm³/mol. The summed E-state index contributed by atoms with van der Waals surface area (Å²) in [7, 11) is 0. The van der Waals surface area contributed by atoms with Gasteiger partial charge in [-0.05, 0) is 30.2 Å². The molecular formula is C29H30N4O2S. The molecule has 0 bridgehead atoms. The molecule has 0 N–H and O–H groups in total. The van der Waals surface area contributed by atoms with Crippen molar-refractivity contribution >= 4 is 28.6 Å². The Morgan fingerprint density at radius 1 is 0.889 bits per heavy atom. The van der Waals surface area contributed by atoms with Gasteiger partial charge in [-0.3, -0.25) is 19.1 Å². The maximum absolute atomic E-state index is 13.5. The predicted octanol–water partition coefficient (Wildman–Crippen LogP) is 4.44. The molecule has 7 heteroatoms. The van der Waals surface area contributed by atoms with Crippen LogP contribution in [0, 0.1) is 0 Å². The Hall–Kier alpha value is -3.42. The highest BCUT2D eigenvalue weighted by Gasteiger charge is 2.23. The fraction of sp³-hybridized carbons (Fsp3) is 0.276. The minimum Gasteiger partial charge on any atom is -0.339 e. The first kappa shape index (κ1) is 24.3. The van der Waals surface area contributed by atoms with E-state index < -0.39 is 0 Å². The zero-order chi connectivity index (χ0) is 24.9. The summed E-state index contributed by atoms with van der Waals surface area (Å²) in [5, 5.41) is 1.16. The van der Waals surface area contributed by atoms with Crippen LogP contribution in [0.25, 0.3) is 10.9 Å². The highest BCUT2D eigenvalue weighted by Crippen LogP contribution is 2.25. The summed E-state index contributed by atoms with van der Waals surface area (Å²) in [6, 6.07) is 27.6. The molecule has 0 aliphatic carbocycles. The van der Waals surface area contributed by atoms with Crippen molar-refractivity contribution in [1.82, 2.24) is 19.4 Å². The number of carbonyl (C=O) groups excluding carboxylic acids is 1. The monoisotopic (exact) mass is 498 g/mol. The first-order chi connectivity index (χ1) is 17.6. The minimum absolute atomic E-state index is 0.0820. The molecule has 1 atom stereocenters. The van der Waals surface area contributed by atoms with E-state index in [-0.39, 0.29) is 23.3 Å². The topological polar surface area (TPSA) is 58.4 Å². The molecular weight excluding hydrogens is 468 g/mol. The molecule has 4 aromatic rings. The van der Waals surface area contributed by atoms with Gasteiger partial charge in [0.1, 0.15) is 0 Å². The van der Waals surface area contributed by atoms with Gasteiger partial charge in [0.15, 0.2) is 5.16 Å². The van der Waals surface area contributed by atoms with Crippen LogP contribution in [-0.4, -0.2) is 57.2 Å². The Morgan fingerprint density at radius 2 is 1.53 bits per heavy atom. The Balaban J connectivity index is 1.30. The average Bonchev–Trinajstić information content (AvgIpc) is 2.93. The number of para-hydroxylation sites is 1. The van der Waals surface area contributed by atoms with E-state index in [1.54, 1.807) is 4.57 Å². The van der Waals surface area contributed by atoms with Crippen molar-refractivity contribution in [3.05, 3.63) is 106 Å². The Morgan fingerprint density at radius 3 is 2.25 bits per heavy atom. The first-order valence-corrected chi connectivity index (χ1v) is 13.3. The number of rotatable bonds is 7. The lowest BCUT2D eigenvalue weighted by Crippen LogP contribution is -2.48. The lowest BCUT2D eigenvalue weighted by atomic mass is 10.1. The Kier molecular flexibility index (Phi) is 7.49. The van der Waals surface area contributed by atoms with Crippen LogP contribution in [0.15, 0.2) is 94.9 Å². The molecule has 1 aliphatic heterocycles. The van der Waals surface area contributed by atoms with E-state index in [1.807, 2.05) is 72.5 Å². The molecule has 1 aromatic heterocycles. The van der Waals surface area contributed by atoms with Crippen LogP contribution in [0.4, 0.5) is 0 Å². The third-order valence-corrected chi connectivity index (χ3v) is 7.68. The number of nitrogens with zero attached hydrogens (tertiary/aromatic N) is 4. The number of benzene rings is 3. The standard InChI is InChI=1S/C29H30N4O2S/c1-22(24-12-6-3-7-13-24)33-28(35)25-14-8-9-15-26(25)30-29(33)36-21-27(34)32-18-16-31(17-19-32)20-23-10-4-2-5-11-23/h2-15,22H,16-21H2,1H3. The van der Waals surface area contributed by atoms with E-state index in [0.29, 0.717) is 29.1 Å². The quantitative estimate of drug-likeness (QED) is 0.279.